The van der Waals surface area contributed by atoms with Crippen LogP contribution in [0.1, 0.15) is 457 Å². The smallest absolute Gasteiger partial charge is 0.305 e. The van der Waals surface area contributed by atoms with Gasteiger partial charge >= 0.3 is 5.97 Å². The highest BCUT2D eigenvalue weighted by atomic mass is 16.5. The van der Waals surface area contributed by atoms with Crippen LogP contribution in [0.25, 0.3) is 0 Å². The molecule has 0 aliphatic carbocycles. The molecule has 0 aromatic rings. The van der Waals surface area contributed by atoms with Crippen LogP contribution in [-0.4, -0.2) is 47.4 Å². The lowest BCUT2D eigenvalue weighted by atomic mass is 10.0. The number of carbonyl (C=O) groups is 2. The summed E-state index contributed by atoms with van der Waals surface area (Å²) in [6, 6.07) is -0.535. The number of nitrogens with one attached hydrogen (secondary N) is 1. The number of hydrogen-bond donors (Lipinski definition) is 3. The summed E-state index contributed by atoms with van der Waals surface area (Å²) in [6.45, 7) is 5.01. The molecule has 83 heavy (non-hydrogen) atoms. The normalized spacial score (nSPS) is 12.4. The zero-order chi connectivity index (χ0) is 59.9. The quantitative estimate of drug-likeness (QED) is 0.0417. The zero-order valence-corrected chi connectivity index (χ0v) is 57.0. The van der Waals surface area contributed by atoms with Crippen molar-refractivity contribution in [1.29, 1.82) is 0 Å². The van der Waals surface area contributed by atoms with Gasteiger partial charge < -0.3 is 20.3 Å². The molecule has 0 aliphatic heterocycles. The molecule has 0 rings (SSSR count). The van der Waals surface area contributed by atoms with Crippen LogP contribution >= 0.6 is 0 Å². The number of unbranched alkanes of at least 4 members (excludes halogenated alkanes) is 63. The van der Waals surface area contributed by atoms with Gasteiger partial charge in [0.05, 0.1) is 25.4 Å². The van der Waals surface area contributed by atoms with E-state index in [1.54, 1.807) is 0 Å². The van der Waals surface area contributed by atoms with Crippen LogP contribution in [0.15, 0.2) is 0 Å². The van der Waals surface area contributed by atoms with Gasteiger partial charge in [0.25, 0.3) is 0 Å². The van der Waals surface area contributed by atoms with Crippen LogP contribution in [0.4, 0.5) is 0 Å². The maximum atomic E-state index is 12.5. The summed E-state index contributed by atoms with van der Waals surface area (Å²) in [4.78, 5) is 24.6. The van der Waals surface area contributed by atoms with E-state index in [1.165, 1.54) is 385 Å². The van der Waals surface area contributed by atoms with Crippen molar-refractivity contribution in [2.24, 2.45) is 0 Å². The van der Waals surface area contributed by atoms with Crippen LogP contribution < -0.4 is 5.32 Å². The third kappa shape index (κ3) is 69.8. The number of esters is 1. The maximum Gasteiger partial charge on any atom is 0.305 e. The second-order valence-electron chi connectivity index (χ2n) is 27.1. The van der Waals surface area contributed by atoms with Gasteiger partial charge in [0, 0.05) is 12.8 Å². The van der Waals surface area contributed by atoms with Crippen LogP contribution in [0, 0.1) is 0 Å². The second kappa shape index (κ2) is 73.3. The first kappa shape index (κ1) is 81.9. The van der Waals surface area contributed by atoms with E-state index in [1.807, 2.05) is 0 Å². The fourth-order valence-corrected chi connectivity index (χ4v) is 12.8. The Morgan fingerprint density at radius 3 is 0.735 bits per heavy atom. The highest BCUT2D eigenvalue weighted by molar-refractivity contribution is 5.76. The standard InChI is InChI=1S/C77H153NO5/c1-3-5-7-9-11-13-15-17-18-43-47-51-55-59-63-67-71-77(82)83-72-68-64-60-56-52-48-44-41-39-37-35-33-31-29-27-25-23-21-19-20-22-24-26-28-30-32-34-36-38-40-42-46-50-54-58-62-66-70-76(81)78-74(73-79)75(80)69-65-61-57-53-49-45-16-14-12-10-8-6-4-2/h74-75,79-80H,3-73H2,1-2H3,(H,78,81). The molecule has 0 heterocycles. The fourth-order valence-electron chi connectivity index (χ4n) is 12.8. The summed E-state index contributed by atoms with van der Waals surface area (Å²) < 4.78 is 5.51. The van der Waals surface area contributed by atoms with Gasteiger partial charge in [-0.05, 0) is 25.7 Å². The first-order valence-corrected chi connectivity index (χ1v) is 38.8. The molecule has 0 spiro atoms. The maximum absolute atomic E-state index is 12.5. The fraction of sp³-hybridized carbons (Fsp3) is 0.974. The predicted octanol–water partition coefficient (Wildman–Crippen LogP) is 25.3. The molecule has 6 nitrogen and oxygen atoms in total. The van der Waals surface area contributed by atoms with Gasteiger partial charge in [0.2, 0.25) is 5.91 Å². The third-order valence-electron chi connectivity index (χ3n) is 18.7. The number of aliphatic hydroxyl groups is 2. The van der Waals surface area contributed by atoms with Gasteiger partial charge in [-0.15, -0.1) is 0 Å². The Morgan fingerprint density at radius 2 is 0.494 bits per heavy atom. The molecule has 3 N–H and O–H groups in total. The summed E-state index contributed by atoms with van der Waals surface area (Å²) in [5.74, 6) is 0.00213. The molecule has 0 saturated carbocycles. The SMILES string of the molecule is CCCCCCCCCCCCCCCCCCC(=O)OCCCCCCCCCCCCCCCCCCCCCCCCCCCCCCCCCCCCCCCC(=O)NC(CO)C(O)CCCCCCCCCCCCCCC. The monoisotopic (exact) mass is 1170 g/mol. The van der Waals surface area contributed by atoms with E-state index in [0.717, 1.165) is 38.5 Å². The van der Waals surface area contributed by atoms with Crippen molar-refractivity contribution in [2.75, 3.05) is 13.2 Å². The predicted molar refractivity (Wildman–Crippen MR) is 366 cm³/mol. The van der Waals surface area contributed by atoms with E-state index >= 15 is 0 Å². The minimum atomic E-state index is -0.658. The molecule has 0 fully saturated rings. The Morgan fingerprint density at radius 1 is 0.289 bits per heavy atom. The Labute approximate surface area is 521 Å². The van der Waals surface area contributed by atoms with E-state index in [2.05, 4.69) is 19.2 Å². The van der Waals surface area contributed by atoms with E-state index in [9.17, 15) is 19.8 Å². The average Bonchev–Trinajstić information content (AvgIpc) is 3.49. The molecule has 496 valence electrons. The molecule has 0 aromatic carbocycles. The number of rotatable bonds is 74. The Balaban J connectivity index is 3.26. The first-order valence-electron chi connectivity index (χ1n) is 38.8. The van der Waals surface area contributed by atoms with Gasteiger partial charge in [-0.2, -0.15) is 0 Å². The molecule has 2 unspecified atom stereocenters. The van der Waals surface area contributed by atoms with Crippen molar-refractivity contribution in [3.8, 4) is 0 Å². The molecule has 0 radical (unpaired) electrons. The second-order valence-corrected chi connectivity index (χ2v) is 27.1. The number of hydrogen-bond acceptors (Lipinski definition) is 5. The average molecular weight is 1170 g/mol. The molecule has 1 amide bonds. The molecule has 2 atom stereocenters. The van der Waals surface area contributed by atoms with Gasteiger partial charge in [0.15, 0.2) is 0 Å². The minimum absolute atomic E-state index is 0.0260. The lowest BCUT2D eigenvalue weighted by Gasteiger charge is -2.22. The van der Waals surface area contributed by atoms with E-state index < -0.39 is 12.1 Å². The molecular weight excluding hydrogens is 1020 g/mol. The summed E-state index contributed by atoms with van der Waals surface area (Å²) in [5, 5.41) is 23.3. The molecule has 0 bridgehead atoms. The van der Waals surface area contributed by atoms with Gasteiger partial charge in [0.1, 0.15) is 0 Å². The Bertz CT molecular complexity index is 1210. The summed E-state index contributed by atoms with van der Waals surface area (Å²) in [5.41, 5.74) is 0. The topological polar surface area (TPSA) is 95.9 Å². The summed E-state index contributed by atoms with van der Waals surface area (Å²) >= 11 is 0. The lowest BCUT2D eigenvalue weighted by molar-refractivity contribution is -0.143. The largest absolute Gasteiger partial charge is 0.466 e. The Hall–Kier alpha value is -1.14. The van der Waals surface area contributed by atoms with Crippen LogP contribution in [0.2, 0.25) is 0 Å². The van der Waals surface area contributed by atoms with Crippen molar-refractivity contribution in [3.05, 3.63) is 0 Å². The molecular formula is C77H153NO5. The van der Waals surface area contributed by atoms with Crippen molar-refractivity contribution in [3.63, 3.8) is 0 Å². The van der Waals surface area contributed by atoms with Crippen molar-refractivity contribution in [2.45, 2.75) is 469 Å². The van der Waals surface area contributed by atoms with E-state index in [0.29, 0.717) is 25.9 Å². The molecule has 6 heteroatoms. The highest BCUT2D eigenvalue weighted by Crippen LogP contribution is 2.20. The lowest BCUT2D eigenvalue weighted by Crippen LogP contribution is -2.45. The van der Waals surface area contributed by atoms with Crippen molar-refractivity contribution < 1.29 is 24.5 Å². The van der Waals surface area contributed by atoms with Crippen molar-refractivity contribution >= 4 is 11.9 Å². The number of ether oxygens (including phenoxy) is 1. The Kier molecular flexibility index (Phi) is 72.3. The van der Waals surface area contributed by atoms with Gasteiger partial charge in [-0.3, -0.25) is 9.59 Å². The minimum Gasteiger partial charge on any atom is -0.466 e. The molecule has 0 aliphatic rings. The van der Waals surface area contributed by atoms with Crippen LogP contribution in [0.5, 0.6) is 0 Å². The summed E-state index contributed by atoms with van der Waals surface area (Å²) in [6.07, 6.45) is 90.6. The zero-order valence-electron chi connectivity index (χ0n) is 57.0. The number of aliphatic hydroxyl groups excluding tert-OH is 2. The highest BCUT2D eigenvalue weighted by Gasteiger charge is 2.20. The first-order chi connectivity index (χ1) is 41.0. The van der Waals surface area contributed by atoms with Crippen LogP contribution in [0.3, 0.4) is 0 Å². The van der Waals surface area contributed by atoms with Gasteiger partial charge in [-0.1, -0.05) is 418 Å². The van der Waals surface area contributed by atoms with Crippen molar-refractivity contribution in [1.82, 2.24) is 5.32 Å². The number of amides is 1. The van der Waals surface area contributed by atoms with Crippen LogP contribution in [-0.2, 0) is 14.3 Å². The van der Waals surface area contributed by atoms with E-state index in [-0.39, 0.29) is 18.5 Å². The summed E-state index contributed by atoms with van der Waals surface area (Å²) in [7, 11) is 0. The van der Waals surface area contributed by atoms with Gasteiger partial charge in [-0.25, -0.2) is 0 Å². The third-order valence-corrected chi connectivity index (χ3v) is 18.7. The molecule has 0 aromatic heterocycles. The molecule has 0 saturated heterocycles. The number of carbonyl (C=O) groups excluding carboxylic acids is 2. The van der Waals surface area contributed by atoms with E-state index in [4.69, 9.17) is 4.74 Å².